The molecule has 17 heavy (non-hydrogen) atoms. The Morgan fingerprint density at radius 1 is 1.47 bits per heavy atom. The fourth-order valence-corrected chi connectivity index (χ4v) is 1.45. The predicted molar refractivity (Wildman–Crippen MR) is 64.4 cm³/mol. The van der Waals surface area contributed by atoms with Crippen LogP contribution < -0.4 is 4.74 Å². The van der Waals surface area contributed by atoms with Crippen LogP contribution in [0.25, 0.3) is 0 Å². The maximum Gasteiger partial charge on any atom is 0.335 e. The van der Waals surface area contributed by atoms with Crippen LogP contribution in [-0.2, 0) is 11.2 Å². The summed E-state index contributed by atoms with van der Waals surface area (Å²) in [6.45, 7) is 6.16. The summed E-state index contributed by atoms with van der Waals surface area (Å²) in [5.41, 5.74) is 1.09. The number of carboxylic acids is 1. The molecule has 0 atom stereocenters. The highest BCUT2D eigenvalue weighted by Gasteiger charge is 2.09. The zero-order valence-corrected chi connectivity index (χ0v) is 9.81. The van der Waals surface area contributed by atoms with Gasteiger partial charge in [0, 0.05) is 0 Å². The number of aryl methyl sites for hydroxylation is 1. The van der Waals surface area contributed by atoms with E-state index < -0.39 is 5.97 Å². The van der Waals surface area contributed by atoms with Crippen LogP contribution in [0.2, 0.25) is 0 Å². The van der Waals surface area contributed by atoms with Gasteiger partial charge in [0.15, 0.2) is 0 Å². The Morgan fingerprint density at radius 3 is 2.82 bits per heavy atom. The van der Waals surface area contributed by atoms with Crippen LogP contribution in [0.3, 0.4) is 0 Å². The molecule has 4 nitrogen and oxygen atoms in total. The van der Waals surface area contributed by atoms with Crippen LogP contribution in [0, 0.1) is 0 Å². The average molecular weight is 236 g/mol. The zero-order valence-electron chi connectivity index (χ0n) is 9.81. The zero-order chi connectivity index (χ0) is 12.7. The minimum Gasteiger partial charge on any atom is -0.498 e. The number of carbonyl (C=O) groups is 1. The molecular formula is C13H16O4. The Morgan fingerprint density at radius 2 is 2.24 bits per heavy atom. The quantitative estimate of drug-likeness (QED) is 0.583. The second-order valence-electron chi connectivity index (χ2n) is 3.36. The molecule has 1 aromatic carbocycles. The third-order valence-electron chi connectivity index (χ3n) is 2.28. The molecule has 92 valence electrons. The highest BCUT2D eigenvalue weighted by Crippen LogP contribution is 2.18. The maximum absolute atomic E-state index is 10.9. The molecule has 0 spiro atoms. The van der Waals surface area contributed by atoms with E-state index in [1.165, 1.54) is 6.26 Å². The van der Waals surface area contributed by atoms with E-state index in [0.29, 0.717) is 30.9 Å². The van der Waals surface area contributed by atoms with Gasteiger partial charge in [0.05, 0.1) is 11.8 Å². The summed E-state index contributed by atoms with van der Waals surface area (Å²) in [6.07, 6.45) is 2.01. The van der Waals surface area contributed by atoms with Crippen molar-refractivity contribution < 1.29 is 19.4 Å². The molecule has 0 fully saturated rings. The monoisotopic (exact) mass is 236 g/mol. The van der Waals surface area contributed by atoms with Gasteiger partial charge in [-0.25, -0.2) is 4.79 Å². The fourth-order valence-electron chi connectivity index (χ4n) is 1.45. The molecule has 0 radical (unpaired) electrons. The average Bonchev–Trinajstić information content (AvgIpc) is 2.34. The first kappa shape index (κ1) is 13.1. The van der Waals surface area contributed by atoms with Crippen molar-refractivity contribution in [3.8, 4) is 5.75 Å². The van der Waals surface area contributed by atoms with Crippen LogP contribution in [0.1, 0.15) is 22.8 Å². The Kier molecular flexibility index (Phi) is 5.07. The molecule has 0 saturated carbocycles. The summed E-state index contributed by atoms with van der Waals surface area (Å²) in [7, 11) is 0. The molecule has 0 aromatic heterocycles. The predicted octanol–water partition coefficient (Wildman–Crippen LogP) is 2.49. The van der Waals surface area contributed by atoms with Gasteiger partial charge in [0.25, 0.3) is 0 Å². The molecule has 1 rings (SSSR count). The summed E-state index contributed by atoms with van der Waals surface area (Å²) in [5.74, 6) is -0.261. The van der Waals surface area contributed by atoms with Crippen LogP contribution in [0.4, 0.5) is 0 Å². The molecule has 0 aliphatic heterocycles. The number of hydrogen-bond donors (Lipinski definition) is 1. The molecule has 0 heterocycles. The fraction of sp³-hybridized carbons (Fsp3) is 0.308. The van der Waals surface area contributed by atoms with Gasteiger partial charge in [-0.1, -0.05) is 13.5 Å². The lowest BCUT2D eigenvalue weighted by atomic mass is 10.1. The van der Waals surface area contributed by atoms with Gasteiger partial charge >= 0.3 is 5.97 Å². The smallest absolute Gasteiger partial charge is 0.335 e. The van der Waals surface area contributed by atoms with Crippen molar-refractivity contribution in [2.75, 3.05) is 13.2 Å². The molecule has 0 bridgehead atoms. The van der Waals surface area contributed by atoms with E-state index in [0.717, 1.165) is 5.56 Å². The Labute approximate surface area is 100 Å². The minimum atomic E-state index is -0.914. The molecule has 0 aliphatic carbocycles. The normalized spacial score (nSPS) is 9.71. The van der Waals surface area contributed by atoms with E-state index in [9.17, 15) is 4.79 Å². The molecule has 0 aliphatic rings. The first-order valence-corrected chi connectivity index (χ1v) is 5.40. The molecular weight excluding hydrogens is 220 g/mol. The van der Waals surface area contributed by atoms with E-state index in [1.54, 1.807) is 18.2 Å². The lowest BCUT2D eigenvalue weighted by Gasteiger charge is -2.09. The second-order valence-corrected chi connectivity index (χ2v) is 3.36. The van der Waals surface area contributed by atoms with Gasteiger partial charge < -0.3 is 14.6 Å². The van der Waals surface area contributed by atoms with Crippen molar-refractivity contribution in [3.63, 3.8) is 0 Å². The van der Waals surface area contributed by atoms with E-state index in [-0.39, 0.29) is 0 Å². The van der Waals surface area contributed by atoms with E-state index >= 15 is 0 Å². The Bertz CT molecular complexity index is 398. The lowest BCUT2D eigenvalue weighted by Crippen LogP contribution is -2.06. The molecule has 1 N–H and O–H groups in total. The molecule has 0 unspecified atom stereocenters. The summed E-state index contributed by atoms with van der Waals surface area (Å²) in [4.78, 5) is 10.9. The molecule has 4 heteroatoms. The van der Waals surface area contributed by atoms with Gasteiger partial charge in [-0.15, -0.1) is 0 Å². The summed E-state index contributed by atoms with van der Waals surface area (Å²) < 4.78 is 10.3. The highest BCUT2D eigenvalue weighted by molar-refractivity contribution is 5.89. The lowest BCUT2D eigenvalue weighted by molar-refractivity contribution is 0.0695. The Hall–Kier alpha value is -1.97. The van der Waals surface area contributed by atoms with Crippen molar-refractivity contribution in [2.45, 2.75) is 13.3 Å². The first-order valence-electron chi connectivity index (χ1n) is 5.40. The van der Waals surface area contributed by atoms with Crippen LogP contribution >= 0.6 is 0 Å². The number of carboxylic acid groups (broad SMARTS) is 1. The van der Waals surface area contributed by atoms with Crippen molar-refractivity contribution in [3.05, 3.63) is 42.2 Å². The highest BCUT2D eigenvalue weighted by atomic mass is 16.5. The van der Waals surface area contributed by atoms with Gasteiger partial charge in [-0.05, 0) is 30.2 Å². The minimum absolute atomic E-state index is 0.321. The van der Waals surface area contributed by atoms with E-state index in [2.05, 4.69) is 6.58 Å². The second kappa shape index (κ2) is 6.58. The van der Waals surface area contributed by atoms with Gasteiger partial charge in [-0.2, -0.15) is 0 Å². The third-order valence-corrected chi connectivity index (χ3v) is 2.28. The van der Waals surface area contributed by atoms with Crippen molar-refractivity contribution >= 4 is 5.97 Å². The summed E-state index contributed by atoms with van der Waals surface area (Å²) >= 11 is 0. The standard InChI is InChI=1S/C13H16O4/c1-3-10-9-11(17-8-7-16-4-2)5-6-12(10)13(14)15/h4-6,9H,2-3,7-8H2,1H3,(H,14,15). The van der Waals surface area contributed by atoms with Gasteiger partial charge in [-0.3, -0.25) is 0 Å². The number of benzene rings is 1. The summed E-state index contributed by atoms with van der Waals surface area (Å²) in [6, 6.07) is 4.96. The van der Waals surface area contributed by atoms with Gasteiger partial charge in [0.2, 0.25) is 0 Å². The number of aromatic carboxylic acids is 1. The Balaban J connectivity index is 2.69. The largest absolute Gasteiger partial charge is 0.498 e. The number of ether oxygens (including phenoxy) is 2. The summed E-state index contributed by atoms with van der Waals surface area (Å²) in [5, 5.41) is 8.96. The molecule has 0 saturated heterocycles. The SMILES string of the molecule is C=COCCOc1ccc(C(=O)O)c(CC)c1. The number of hydrogen-bond acceptors (Lipinski definition) is 3. The van der Waals surface area contributed by atoms with Crippen LogP contribution in [0.15, 0.2) is 31.0 Å². The van der Waals surface area contributed by atoms with Crippen molar-refractivity contribution in [2.24, 2.45) is 0 Å². The van der Waals surface area contributed by atoms with Crippen LogP contribution in [0.5, 0.6) is 5.75 Å². The number of rotatable bonds is 7. The van der Waals surface area contributed by atoms with Crippen molar-refractivity contribution in [1.82, 2.24) is 0 Å². The van der Waals surface area contributed by atoms with Crippen LogP contribution in [-0.4, -0.2) is 24.3 Å². The van der Waals surface area contributed by atoms with E-state index in [1.807, 2.05) is 6.92 Å². The molecule has 1 aromatic rings. The van der Waals surface area contributed by atoms with Gasteiger partial charge in [0.1, 0.15) is 19.0 Å². The maximum atomic E-state index is 10.9. The van der Waals surface area contributed by atoms with Crippen molar-refractivity contribution in [1.29, 1.82) is 0 Å². The first-order chi connectivity index (χ1) is 8.19. The molecule has 0 amide bonds. The topological polar surface area (TPSA) is 55.8 Å². The van der Waals surface area contributed by atoms with E-state index in [4.69, 9.17) is 14.6 Å². The third kappa shape index (κ3) is 3.83.